The van der Waals surface area contributed by atoms with Crippen molar-refractivity contribution in [2.75, 3.05) is 19.7 Å². The first kappa shape index (κ1) is 15.6. The van der Waals surface area contributed by atoms with Gasteiger partial charge in [-0.3, -0.25) is 4.79 Å². The molecule has 2 aromatic rings. The number of rotatable bonds is 4. The van der Waals surface area contributed by atoms with Crippen molar-refractivity contribution in [3.8, 4) is 5.75 Å². The molecule has 1 atom stereocenters. The number of amides is 1. The highest BCUT2D eigenvalue weighted by molar-refractivity contribution is 5.92. The Bertz CT molecular complexity index is 666. The summed E-state index contributed by atoms with van der Waals surface area (Å²) >= 11 is 0. The van der Waals surface area contributed by atoms with Crippen LogP contribution in [0.25, 0.3) is 0 Å². The average Bonchev–Trinajstić information content (AvgIpc) is 3.00. The van der Waals surface area contributed by atoms with E-state index in [1.54, 1.807) is 12.1 Å². The van der Waals surface area contributed by atoms with Gasteiger partial charge in [-0.1, -0.05) is 0 Å². The predicted octanol–water partition coefficient (Wildman–Crippen LogP) is 3.10. The average molecular weight is 316 g/mol. The van der Waals surface area contributed by atoms with Crippen LogP contribution >= 0.6 is 0 Å². The summed E-state index contributed by atoms with van der Waals surface area (Å²) in [6, 6.07) is 9.77. The van der Waals surface area contributed by atoms with E-state index in [2.05, 4.69) is 0 Å². The lowest BCUT2D eigenvalue weighted by Gasteiger charge is -2.32. The van der Waals surface area contributed by atoms with Crippen molar-refractivity contribution in [1.82, 2.24) is 9.47 Å². The van der Waals surface area contributed by atoms with Gasteiger partial charge in [-0.2, -0.15) is 0 Å². The summed E-state index contributed by atoms with van der Waals surface area (Å²) in [6.07, 6.45) is 3.90. The maximum atomic E-state index is 12.9. The summed E-state index contributed by atoms with van der Waals surface area (Å²) in [6.45, 7) is 2.03. The second kappa shape index (κ2) is 6.86. The molecule has 2 heterocycles. The van der Waals surface area contributed by atoms with Gasteiger partial charge in [-0.25, -0.2) is 4.39 Å². The Morgan fingerprint density at radius 3 is 2.78 bits per heavy atom. The summed E-state index contributed by atoms with van der Waals surface area (Å²) in [4.78, 5) is 14.5. The lowest BCUT2D eigenvalue weighted by atomic mass is 9.98. The van der Waals surface area contributed by atoms with E-state index in [1.165, 1.54) is 12.1 Å². The molecule has 3 rings (SSSR count). The van der Waals surface area contributed by atoms with Crippen molar-refractivity contribution in [3.05, 3.63) is 54.1 Å². The van der Waals surface area contributed by atoms with Gasteiger partial charge < -0.3 is 14.2 Å². The molecule has 1 fully saturated rings. The summed E-state index contributed by atoms with van der Waals surface area (Å²) < 4.78 is 20.5. The Hall–Kier alpha value is -2.30. The molecule has 1 aromatic heterocycles. The maximum absolute atomic E-state index is 12.9. The van der Waals surface area contributed by atoms with Crippen LogP contribution in [0.15, 0.2) is 42.6 Å². The van der Waals surface area contributed by atoms with E-state index < -0.39 is 0 Å². The van der Waals surface area contributed by atoms with Gasteiger partial charge in [0.05, 0.1) is 6.61 Å². The third kappa shape index (κ3) is 3.73. The third-order valence-corrected chi connectivity index (χ3v) is 4.27. The van der Waals surface area contributed by atoms with Gasteiger partial charge in [-0.15, -0.1) is 0 Å². The second-order valence-corrected chi connectivity index (χ2v) is 6.03. The Balaban J connectivity index is 1.57. The molecule has 0 bridgehead atoms. The minimum absolute atomic E-state index is 0.0731. The van der Waals surface area contributed by atoms with Gasteiger partial charge in [0.25, 0.3) is 5.91 Å². The quantitative estimate of drug-likeness (QED) is 0.869. The van der Waals surface area contributed by atoms with E-state index in [0.717, 1.165) is 19.4 Å². The van der Waals surface area contributed by atoms with E-state index in [-0.39, 0.29) is 11.7 Å². The van der Waals surface area contributed by atoms with E-state index in [4.69, 9.17) is 4.74 Å². The van der Waals surface area contributed by atoms with Crippen LogP contribution in [-0.4, -0.2) is 35.1 Å². The smallest absolute Gasteiger partial charge is 0.270 e. The molecular formula is C18H21FN2O2. The van der Waals surface area contributed by atoms with Gasteiger partial charge in [0, 0.05) is 32.3 Å². The highest BCUT2D eigenvalue weighted by Gasteiger charge is 2.26. The van der Waals surface area contributed by atoms with Crippen LogP contribution in [0.2, 0.25) is 0 Å². The van der Waals surface area contributed by atoms with Crippen molar-refractivity contribution >= 4 is 5.91 Å². The third-order valence-electron chi connectivity index (χ3n) is 4.27. The Kier molecular flexibility index (Phi) is 4.65. The van der Waals surface area contributed by atoms with Crippen LogP contribution in [0.5, 0.6) is 5.75 Å². The van der Waals surface area contributed by atoms with Crippen molar-refractivity contribution in [2.24, 2.45) is 13.0 Å². The Morgan fingerprint density at radius 1 is 1.30 bits per heavy atom. The first-order chi connectivity index (χ1) is 11.1. The van der Waals surface area contributed by atoms with E-state index in [1.807, 2.05) is 34.8 Å². The second-order valence-electron chi connectivity index (χ2n) is 6.03. The van der Waals surface area contributed by atoms with Gasteiger partial charge in [-0.05, 0) is 49.2 Å². The fourth-order valence-electron chi connectivity index (χ4n) is 2.98. The minimum Gasteiger partial charge on any atom is -0.493 e. The standard InChI is InChI=1S/C18H21FN2O2/c1-20-10-3-5-17(20)18(22)21-11-2-4-14(12-21)13-23-16-8-6-15(19)7-9-16/h3,5-10,14H,2,4,11-13H2,1H3/t14-/m0/s1. The largest absolute Gasteiger partial charge is 0.493 e. The highest BCUT2D eigenvalue weighted by atomic mass is 19.1. The van der Waals surface area contributed by atoms with Gasteiger partial charge in [0.2, 0.25) is 0 Å². The molecule has 1 aliphatic rings. The SMILES string of the molecule is Cn1cccc1C(=O)N1CCC[C@H](COc2ccc(F)cc2)C1. The molecule has 0 aliphatic carbocycles. The van der Waals surface area contributed by atoms with E-state index in [9.17, 15) is 9.18 Å². The van der Waals surface area contributed by atoms with Crippen molar-refractivity contribution < 1.29 is 13.9 Å². The molecule has 4 nitrogen and oxygen atoms in total. The number of likely N-dealkylation sites (tertiary alicyclic amines) is 1. The molecule has 1 aliphatic heterocycles. The first-order valence-electron chi connectivity index (χ1n) is 7.92. The first-order valence-corrected chi connectivity index (χ1v) is 7.92. The summed E-state index contributed by atoms with van der Waals surface area (Å²) in [7, 11) is 1.88. The van der Waals surface area contributed by atoms with Gasteiger partial charge in [0.1, 0.15) is 17.3 Å². The summed E-state index contributed by atoms with van der Waals surface area (Å²) in [5, 5.41) is 0. The lowest BCUT2D eigenvalue weighted by Crippen LogP contribution is -2.42. The molecule has 0 saturated carbocycles. The van der Waals surface area contributed by atoms with Crippen LogP contribution in [0.4, 0.5) is 4.39 Å². The molecular weight excluding hydrogens is 295 g/mol. The number of hydrogen-bond acceptors (Lipinski definition) is 2. The number of hydrogen-bond donors (Lipinski definition) is 0. The molecule has 5 heteroatoms. The number of halogens is 1. The molecule has 0 unspecified atom stereocenters. The number of aryl methyl sites for hydroxylation is 1. The van der Waals surface area contributed by atoms with Crippen LogP contribution in [-0.2, 0) is 7.05 Å². The molecule has 1 amide bonds. The number of ether oxygens (including phenoxy) is 1. The van der Waals surface area contributed by atoms with E-state index >= 15 is 0 Å². The van der Waals surface area contributed by atoms with Crippen LogP contribution in [0.3, 0.4) is 0 Å². The molecule has 1 aromatic carbocycles. The monoisotopic (exact) mass is 316 g/mol. The Labute approximate surface area is 135 Å². The number of nitrogens with zero attached hydrogens (tertiary/aromatic N) is 2. The van der Waals surface area contributed by atoms with Crippen molar-refractivity contribution in [1.29, 1.82) is 0 Å². The summed E-state index contributed by atoms with van der Waals surface area (Å²) in [5.41, 5.74) is 0.713. The zero-order chi connectivity index (χ0) is 16.2. The zero-order valence-corrected chi connectivity index (χ0v) is 13.2. The molecule has 0 radical (unpaired) electrons. The number of piperidine rings is 1. The van der Waals surface area contributed by atoms with Gasteiger partial charge in [0.15, 0.2) is 0 Å². The molecule has 122 valence electrons. The lowest BCUT2D eigenvalue weighted by molar-refractivity contribution is 0.0624. The van der Waals surface area contributed by atoms with Crippen molar-refractivity contribution in [2.45, 2.75) is 12.8 Å². The number of carbonyl (C=O) groups excluding carboxylic acids is 1. The zero-order valence-electron chi connectivity index (χ0n) is 13.2. The maximum Gasteiger partial charge on any atom is 0.270 e. The number of carbonyl (C=O) groups is 1. The molecule has 0 N–H and O–H groups in total. The van der Waals surface area contributed by atoms with Crippen molar-refractivity contribution in [3.63, 3.8) is 0 Å². The van der Waals surface area contributed by atoms with Crippen LogP contribution < -0.4 is 4.74 Å². The van der Waals surface area contributed by atoms with Gasteiger partial charge >= 0.3 is 0 Å². The highest BCUT2D eigenvalue weighted by Crippen LogP contribution is 2.20. The van der Waals surface area contributed by atoms with E-state index in [0.29, 0.717) is 30.5 Å². The van der Waals surface area contributed by atoms with Crippen LogP contribution in [0, 0.1) is 11.7 Å². The normalized spacial score (nSPS) is 18.0. The molecule has 0 spiro atoms. The Morgan fingerprint density at radius 2 is 2.09 bits per heavy atom. The fourth-order valence-corrected chi connectivity index (χ4v) is 2.98. The fraction of sp³-hybridized carbons (Fsp3) is 0.389. The molecule has 1 saturated heterocycles. The predicted molar refractivity (Wildman–Crippen MR) is 85.9 cm³/mol. The van der Waals surface area contributed by atoms with Crippen LogP contribution in [0.1, 0.15) is 23.3 Å². The number of benzene rings is 1. The summed E-state index contributed by atoms with van der Waals surface area (Å²) in [5.74, 6) is 0.772. The number of aromatic nitrogens is 1. The minimum atomic E-state index is -0.269. The topological polar surface area (TPSA) is 34.5 Å². The molecule has 23 heavy (non-hydrogen) atoms.